The summed E-state index contributed by atoms with van der Waals surface area (Å²) in [5.41, 5.74) is 4.59. The standard InChI is InChI=1S/C30H40N6O3/c1-9-24(28-32-33-34-36(28)30(4,5)6)35(13-12-21-10-11-25(38-7)26(16-21)39-8)18-23-17-22-15-19(2)14-20(3)27(22)31-29(23)37/h10-11,14-17,24H,9,12-13,18H2,1-8H3,(H,31,37)/t24-/m1/s1. The van der Waals surface area contributed by atoms with Crippen molar-refractivity contribution < 1.29 is 9.47 Å². The fourth-order valence-electron chi connectivity index (χ4n) is 5.21. The number of benzene rings is 2. The van der Waals surface area contributed by atoms with Crippen LogP contribution in [0.5, 0.6) is 11.5 Å². The van der Waals surface area contributed by atoms with Gasteiger partial charge in [0.05, 0.1) is 31.3 Å². The molecular formula is C30H40N6O3. The number of rotatable bonds is 10. The normalized spacial score (nSPS) is 12.7. The maximum Gasteiger partial charge on any atom is 0.252 e. The van der Waals surface area contributed by atoms with Crippen molar-refractivity contribution in [2.75, 3.05) is 20.8 Å². The van der Waals surface area contributed by atoms with Crippen LogP contribution in [-0.4, -0.2) is 50.9 Å². The van der Waals surface area contributed by atoms with E-state index in [1.165, 1.54) is 5.56 Å². The zero-order valence-corrected chi connectivity index (χ0v) is 24.3. The first kappa shape index (κ1) is 28.3. The highest BCUT2D eigenvalue weighted by molar-refractivity contribution is 5.82. The molecule has 0 bridgehead atoms. The Labute approximate surface area is 230 Å². The molecular weight excluding hydrogens is 492 g/mol. The molecule has 0 spiro atoms. The van der Waals surface area contributed by atoms with Gasteiger partial charge in [-0.1, -0.05) is 24.6 Å². The number of ether oxygens (including phenoxy) is 2. The molecule has 0 aliphatic rings. The predicted octanol–water partition coefficient (Wildman–Crippen LogP) is 5.10. The van der Waals surface area contributed by atoms with Gasteiger partial charge in [-0.2, -0.15) is 0 Å². The lowest BCUT2D eigenvalue weighted by Crippen LogP contribution is -2.36. The van der Waals surface area contributed by atoms with E-state index in [0.717, 1.165) is 40.7 Å². The molecule has 9 heteroatoms. The van der Waals surface area contributed by atoms with Gasteiger partial charge in [-0.3, -0.25) is 9.69 Å². The Morgan fingerprint density at radius 3 is 2.46 bits per heavy atom. The van der Waals surface area contributed by atoms with Gasteiger partial charge in [-0.15, -0.1) is 5.10 Å². The maximum atomic E-state index is 13.3. The van der Waals surface area contributed by atoms with Gasteiger partial charge >= 0.3 is 0 Å². The second-order valence-electron chi connectivity index (χ2n) is 11.1. The highest BCUT2D eigenvalue weighted by atomic mass is 16.5. The van der Waals surface area contributed by atoms with Crippen LogP contribution >= 0.6 is 0 Å². The summed E-state index contributed by atoms with van der Waals surface area (Å²) in [7, 11) is 3.28. The molecule has 0 radical (unpaired) electrons. The lowest BCUT2D eigenvalue weighted by atomic mass is 10.0. The minimum Gasteiger partial charge on any atom is -0.493 e. The lowest BCUT2D eigenvalue weighted by Gasteiger charge is -2.32. The van der Waals surface area contributed by atoms with Crippen LogP contribution < -0.4 is 15.0 Å². The Balaban J connectivity index is 1.74. The van der Waals surface area contributed by atoms with E-state index in [0.29, 0.717) is 30.2 Å². The predicted molar refractivity (Wildman–Crippen MR) is 154 cm³/mol. The molecule has 9 nitrogen and oxygen atoms in total. The van der Waals surface area contributed by atoms with Crippen molar-refractivity contribution in [3.8, 4) is 11.5 Å². The van der Waals surface area contributed by atoms with E-state index in [4.69, 9.17) is 9.47 Å². The van der Waals surface area contributed by atoms with E-state index in [2.05, 4.69) is 72.2 Å². The number of hydrogen-bond donors (Lipinski definition) is 1. The molecule has 208 valence electrons. The van der Waals surface area contributed by atoms with Crippen LogP contribution in [0.15, 0.2) is 41.2 Å². The molecule has 0 aliphatic heterocycles. The summed E-state index contributed by atoms with van der Waals surface area (Å²) in [4.78, 5) is 18.7. The molecule has 0 fully saturated rings. The fourth-order valence-corrected chi connectivity index (χ4v) is 5.21. The summed E-state index contributed by atoms with van der Waals surface area (Å²) in [6.45, 7) is 13.7. The zero-order chi connectivity index (χ0) is 28.3. The van der Waals surface area contributed by atoms with E-state index in [1.54, 1.807) is 14.2 Å². The molecule has 4 aromatic rings. The summed E-state index contributed by atoms with van der Waals surface area (Å²) in [6.07, 6.45) is 1.53. The van der Waals surface area contributed by atoms with Gasteiger partial charge in [-0.05, 0) is 98.7 Å². The van der Waals surface area contributed by atoms with Gasteiger partial charge in [0.2, 0.25) is 0 Å². The van der Waals surface area contributed by atoms with Gasteiger partial charge < -0.3 is 14.5 Å². The topological polar surface area (TPSA) is 98.2 Å². The van der Waals surface area contributed by atoms with Gasteiger partial charge in [-0.25, -0.2) is 4.68 Å². The number of hydrogen-bond acceptors (Lipinski definition) is 7. The van der Waals surface area contributed by atoms with Crippen LogP contribution in [0, 0.1) is 13.8 Å². The number of fused-ring (bicyclic) bond motifs is 1. The van der Waals surface area contributed by atoms with Gasteiger partial charge in [0.1, 0.15) is 0 Å². The Hall–Kier alpha value is -3.72. The van der Waals surface area contributed by atoms with E-state index in [1.807, 2.05) is 35.9 Å². The number of nitrogens with one attached hydrogen (secondary N) is 1. The molecule has 2 aromatic heterocycles. The van der Waals surface area contributed by atoms with Crippen molar-refractivity contribution in [3.05, 3.63) is 74.8 Å². The monoisotopic (exact) mass is 532 g/mol. The first-order valence-corrected chi connectivity index (χ1v) is 13.4. The van der Waals surface area contributed by atoms with Crippen molar-refractivity contribution in [1.82, 2.24) is 30.1 Å². The molecule has 39 heavy (non-hydrogen) atoms. The number of nitrogens with zero attached hydrogens (tertiary/aromatic N) is 5. The van der Waals surface area contributed by atoms with Gasteiger partial charge in [0.15, 0.2) is 17.3 Å². The summed E-state index contributed by atoms with van der Waals surface area (Å²) in [6, 6.07) is 12.1. The SMILES string of the molecule is CC[C@H](c1nnnn1C(C)(C)C)N(CCc1ccc(OC)c(OC)c1)Cc1cc2cc(C)cc(C)c2[nH]c1=O. The fraction of sp³-hybridized carbons (Fsp3) is 0.467. The number of aromatic amines is 1. The van der Waals surface area contributed by atoms with Crippen molar-refractivity contribution in [2.45, 2.75) is 72.5 Å². The van der Waals surface area contributed by atoms with E-state index < -0.39 is 0 Å². The highest BCUT2D eigenvalue weighted by Gasteiger charge is 2.29. The van der Waals surface area contributed by atoms with Crippen LogP contribution in [-0.2, 0) is 18.5 Å². The summed E-state index contributed by atoms with van der Waals surface area (Å²) >= 11 is 0. The lowest BCUT2D eigenvalue weighted by molar-refractivity contribution is 0.163. The molecule has 0 amide bonds. The minimum absolute atomic E-state index is 0.0733. The molecule has 1 atom stereocenters. The number of tetrazole rings is 1. The van der Waals surface area contributed by atoms with Crippen LogP contribution in [0.25, 0.3) is 10.9 Å². The van der Waals surface area contributed by atoms with Gasteiger partial charge in [0.25, 0.3) is 5.56 Å². The highest BCUT2D eigenvalue weighted by Crippen LogP contribution is 2.30. The number of aryl methyl sites for hydroxylation is 2. The zero-order valence-electron chi connectivity index (χ0n) is 24.3. The minimum atomic E-state index is -0.281. The Morgan fingerprint density at radius 1 is 1.05 bits per heavy atom. The third-order valence-corrected chi connectivity index (χ3v) is 7.13. The molecule has 2 heterocycles. The van der Waals surface area contributed by atoms with Crippen LogP contribution in [0.2, 0.25) is 0 Å². The Morgan fingerprint density at radius 2 is 1.79 bits per heavy atom. The summed E-state index contributed by atoms with van der Waals surface area (Å²) in [5.74, 6) is 2.19. The molecule has 0 saturated heterocycles. The van der Waals surface area contributed by atoms with Gasteiger partial charge in [0, 0.05) is 18.7 Å². The van der Waals surface area contributed by atoms with Crippen molar-refractivity contribution in [1.29, 1.82) is 0 Å². The number of methoxy groups -OCH3 is 2. The maximum absolute atomic E-state index is 13.3. The Kier molecular flexibility index (Phi) is 8.39. The summed E-state index contributed by atoms with van der Waals surface area (Å²) in [5, 5.41) is 13.8. The smallest absolute Gasteiger partial charge is 0.252 e. The average molecular weight is 533 g/mol. The first-order valence-electron chi connectivity index (χ1n) is 13.4. The van der Waals surface area contributed by atoms with Crippen LogP contribution in [0.3, 0.4) is 0 Å². The van der Waals surface area contributed by atoms with Crippen molar-refractivity contribution in [3.63, 3.8) is 0 Å². The number of aromatic nitrogens is 5. The van der Waals surface area contributed by atoms with Crippen LogP contribution in [0.4, 0.5) is 0 Å². The average Bonchev–Trinajstić information content (AvgIpc) is 3.38. The van der Waals surface area contributed by atoms with Crippen molar-refractivity contribution >= 4 is 10.9 Å². The number of H-pyrrole nitrogens is 1. The number of pyridine rings is 1. The largest absolute Gasteiger partial charge is 0.493 e. The van der Waals surface area contributed by atoms with Crippen LogP contribution in [0.1, 0.15) is 68.2 Å². The molecule has 0 unspecified atom stereocenters. The summed E-state index contributed by atoms with van der Waals surface area (Å²) < 4.78 is 12.8. The Bertz CT molecular complexity index is 1500. The molecule has 4 rings (SSSR count). The molecule has 2 aromatic carbocycles. The van der Waals surface area contributed by atoms with Crippen molar-refractivity contribution in [2.24, 2.45) is 0 Å². The third kappa shape index (κ3) is 6.14. The molecule has 1 N–H and O–H groups in total. The second-order valence-corrected chi connectivity index (χ2v) is 11.1. The quantitative estimate of drug-likeness (QED) is 0.303. The van der Waals surface area contributed by atoms with E-state index in [-0.39, 0.29) is 17.1 Å². The first-order chi connectivity index (χ1) is 18.5. The van der Waals surface area contributed by atoms with E-state index in [9.17, 15) is 4.79 Å². The third-order valence-electron chi connectivity index (χ3n) is 7.13. The van der Waals surface area contributed by atoms with E-state index >= 15 is 0 Å². The second kappa shape index (κ2) is 11.6. The molecule has 0 saturated carbocycles. The molecule has 0 aliphatic carbocycles.